The van der Waals surface area contributed by atoms with Crippen molar-refractivity contribution in [3.05, 3.63) is 48.1 Å². The van der Waals surface area contributed by atoms with Gasteiger partial charge >= 0.3 is 0 Å². The first kappa shape index (κ1) is 14.7. The molecule has 1 aliphatic rings. The second-order valence-corrected chi connectivity index (χ2v) is 6.18. The Kier molecular flexibility index (Phi) is 3.68. The zero-order valence-electron chi connectivity index (χ0n) is 13.5. The van der Waals surface area contributed by atoms with Crippen LogP contribution in [0.1, 0.15) is 28.9 Å². The smallest absolute Gasteiger partial charge is 0.274 e. The van der Waals surface area contributed by atoms with Crippen molar-refractivity contribution in [2.24, 2.45) is 0 Å². The molecule has 0 bridgehead atoms. The molecule has 4 rings (SSSR count). The number of hydrogen-bond acceptors (Lipinski definition) is 4. The second-order valence-electron chi connectivity index (χ2n) is 6.18. The summed E-state index contributed by atoms with van der Waals surface area (Å²) in [6.45, 7) is 3.49. The number of carbonyl (C=O) groups is 1. The third-order valence-corrected chi connectivity index (χ3v) is 4.38. The van der Waals surface area contributed by atoms with Crippen molar-refractivity contribution < 1.29 is 9.21 Å². The lowest BCUT2D eigenvalue weighted by molar-refractivity contribution is 0.0715. The van der Waals surface area contributed by atoms with Gasteiger partial charge in [-0.25, -0.2) is 0 Å². The van der Waals surface area contributed by atoms with E-state index in [2.05, 4.69) is 15.3 Å². The molecule has 0 radical (unpaired) electrons. The van der Waals surface area contributed by atoms with Gasteiger partial charge in [0.15, 0.2) is 11.5 Å². The lowest BCUT2D eigenvalue weighted by atomic mass is 10.2. The summed E-state index contributed by atoms with van der Waals surface area (Å²) in [4.78, 5) is 14.7. The molecule has 3 aromatic rings. The Hall–Kier alpha value is -2.83. The van der Waals surface area contributed by atoms with Gasteiger partial charge in [-0.1, -0.05) is 0 Å². The quantitative estimate of drug-likeness (QED) is 0.799. The third kappa shape index (κ3) is 2.73. The average Bonchev–Trinajstić information content (AvgIpc) is 3.35. The van der Waals surface area contributed by atoms with Crippen molar-refractivity contribution in [2.75, 3.05) is 6.54 Å². The number of aromatic nitrogens is 4. The maximum Gasteiger partial charge on any atom is 0.274 e. The van der Waals surface area contributed by atoms with Crippen molar-refractivity contribution in [1.82, 2.24) is 24.9 Å². The molecule has 0 unspecified atom stereocenters. The van der Waals surface area contributed by atoms with Crippen molar-refractivity contribution in [3.8, 4) is 11.5 Å². The second kappa shape index (κ2) is 5.99. The number of H-pyrrole nitrogens is 1. The van der Waals surface area contributed by atoms with E-state index in [-0.39, 0.29) is 11.9 Å². The Morgan fingerprint density at radius 3 is 3.17 bits per heavy atom. The average molecular weight is 325 g/mol. The number of nitrogens with one attached hydrogen (secondary N) is 1. The zero-order chi connectivity index (χ0) is 16.5. The van der Waals surface area contributed by atoms with Crippen molar-refractivity contribution in [3.63, 3.8) is 0 Å². The minimum Gasteiger partial charge on any atom is -0.463 e. The molecule has 124 valence electrons. The predicted octanol–water partition coefficient (Wildman–Crippen LogP) is 2.48. The normalized spacial score (nSPS) is 17.5. The molecule has 24 heavy (non-hydrogen) atoms. The number of furan rings is 1. The molecule has 4 heterocycles. The lowest BCUT2D eigenvalue weighted by Crippen LogP contribution is -2.38. The fourth-order valence-corrected chi connectivity index (χ4v) is 3.21. The Balaban J connectivity index is 1.50. The van der Waals surface area contributed by atoms with E-state index in [0.717, 1.165) is 31.5 Å². The van der Waals surface area contributed by atoms with Crippen molar-refractivity contribution in [2.45, 2.75) is 32.4 Å². The number of aromatic amines is 1. The first-order valence-electron chi connectivity index (χ1n) is 8.10. The predicted molar refractivity (Wildman–Crippen MR) is 87.3 cm³/mol. The van der Waals surface area contributed by atoms with E-state index in [1.165, 1.54) is 0 Å². The number of hydrogen-bond donors (Lipinski definition) is 1. The van der Waals surface area contributed by atoms with Crippen LogP contribution in [0, 0.1) is 6.92 Å². The molecule has 7 nitrogen and oxygen atoms in total. The highest BCUT2D eigenvalue weighted by atomic mass is 16.3. The van der Waals surface area contributed by atoms with Crippen LogP contribution < -0.4 is 0 Å². The van der Waals surface area contributed by atoms with Crippen LogP contribution in [0.4, 0.5) is 0 Å². The molecule has 1 fully saturated rings. The van der Waals surface area contributed by atoms with Crippen LogP contribution in [0.3, 0.4) is 0 Å². The van der Waals surface area contributed by atoms with Gasteiger partial charge in [-0.2, -0.15) is 10.2 Å². The van der Waals surface area contributed by atoms with Crippen LogP contribution in [0.15, 0.2) is 41.3 Å². The van der Waals surface area contributed by atoms with Crippen LogP contribution >= 0.6 is 0 Å². The monoisotopic (exact) mass is 325 g/mol. The Bertz CT molecular complexity index is 833. The Morgan fingerprint density at radius 1 is 1.50 bits per heavy atom. The Labute approximate surface area is 139 Å². The van der Waals surface area contributed by atoms with Gasteiger partial charge in [0.2, 0.25) is 0 Å². The van der Waals surface area contributed by atoms with Crippen LogP contribution in [0.25, 0.3) is 11.5 Å². The van der Waals surface area contributed by atoms with E-state index in [4.69, 9.17) is 4.42 Å². The van der Waals surface area contributed by atoms with E-state index in [1.807, 2.05) is 35.0 Å². The highest BCUT2D eigenvalue weighted by molar-refractivity contribution is 5.93. The van der Waals surface area contributed by atoms with E-state index in [0.29, 0.717) is 17.1 Å². The molecule has 1 saturated heterocycles. The minimum absolute atomic E-state index is 0.0459. The van der Waals surface area contributed by atoms with Gasteiger partial charge in [0.1, 0.15) is 5.69 Å². The summed E-state index contributed by atoms with van der Waals surface area (Å²) in [7, 11) is 0. The van der Waals surface area contributed by atoms with Crippen molar-refractivity contribution in [1.29, 1.82) is 0 Å². The largest absolute Gasteiger partial charge is 0.463 e. The molecule has 1 aliphatic heterocycles. The SMILES string of the molecule is Cc1cnn(C[C@@H]2CCCN2C(=O)c2cc(-c3ccco3)[nH]n2)c1. The van der Waals surface area contributed by atoms with E-state index in [9.17, 15) is 4.79 Å². The summed E-state index contributed by atoms with van der Waals surface area (Å²) >= 11 is 0. The molecule has 7 heteroatoms. The van der Waals surface area contributed by atoms with Gasteiger partial charge in [-0.15, -0.1) is 0 Å². The van der Waals surface area contributed by atoms with Gasteiger partial charge in [-0.05, 0) is 37.5 Å². The first-order valence-corrected chi connectivity index (χ1v) is 8.10. The van der Waals surface area contributed by atoms with Gasteiger partial charge in [0, 0.05) is 18.8 Å². The zero-order valence-corrected chi connectivity index (χ0v) is 13.5. The molecule has 0 aromatic carbocycles. The van der Waals surface area contributed by atoms with Crippen LogP contribution in [-0.2, 0) is 6.54 Å². The van der Waals surface area contributed by atoms with E-state index in [1.54, 1.807) is 18.4 Å². The molecular formula is C17H19N5O2. The van der Waals surface area contributed by atoms with Gasteiger partial charge < -0.3 is 9.32 Å². The molecule has 1 N–H and O–H groups in total. The fourth-order valence-electron chi connectivity index (χ4n) is 3.21. The topological polar surface area (TPSA) is 80.0 Å². The number of nitrogens with zero attached hydrogens (tertiary/aromatic N) is 4. The number of likely N-dealkylation sites (tertiary alicyclic amines) is 1. The maximum absolute atomic E-state index is 12.8. The first-order chi connectivity index (χ1) is 11.7. The summed E-state index contributed by atoms with van der Waals surface area (Å²) in [5.41, 5.74) is 2.26. The standard InChI is InChI=1S/C17H19N5O2/c1-12-9-18-21(10-12)11-13-4-2-6-22(13)17(23)15-8-14(19-20-15)16-5-3-7-24-16/h3,5,7-10,13H,2,4,6,11H2,1H3,(H,19,20)/t13-/m0/s1. The minimum atomic E-state index is -0.0459. The number of rotatable bonds is 4. The van der Waals surface area contributed by atoms with Gasteiger partial charge in [0.25, 0.3) is 5.91 Å². The molecule has 0 aliphatic carbocycles. The molecule has 3 aromatic heterocycles. The summed E-state index contributed by atoms with van der Waals surface area (Å²) < 4.78 is 7.24. The molecule has 1 atom stereocenters. The number of aryl methyl sites for hydroxylation is 1. The highest BCUT2D eigenvalue weighted by Crippen LogP contribution is 2.23. The van der Waals surface area contributed by atoms with E-state index < -0.39 is 0 Å². The molecule has 1 amide bonds. The van der Waals surface area contributed by atoms with Gasteiger partial charge in [0.05, 0.1) is 25.0 Å². The molecular weight excluding hydrogens is 306 g/mol. The van der Waals surface area contributed by atoms with Crippen LogP contribution in [0.2, 0.25) is 0 Å². The van der Waals surface area contributed by atoms with E-state index >= 15 is 0 Å². The van der Waals surface area contributed by atoms with Crippen LogP contribution in [-0.4, -0.2) is 43.4 Å². The summed E-state index contributed by atoms with van der Waals surface area (Å²) in [6.07, 6.45) is 7.43. The highest BCUT2D eigenvalue weighted by Gasteiger charge is 2.31. The maximum atomic E-state index is 12.8. The molecule has 0 spiro atoms. The van der Waals surface area contributed by atoms with Crippen molar-refractivity contribution >= 4 is 5.91 Å². The summed E-state index contributed by atoms with van der Waals surface area (Å²) in [6, 6.07) is 5.54. The fraction of sp³-hybridized carbons (Fsp3) is 0.353. The Morgan fingerprint density at radius 2 is 2.42 bits per heavy atom. The third-order valence-electron chi connectivity index (χ3n) is 4.38. The summed E-state index contributed by atoms with van der Waals surface area (Å²) in [5, 5.41) is 11.4. The van der Waals surface area contributed by atoms with Crippen LogP contribution in [0.5, 0.6) is 0 Å². The number of carbonyl (C=O) groups excluding carboxylic acids is 1. The summed E-state index contributed by atoms with van der Waals surface area (Å²) in [5.74, 6) is 0.627. The number of amides is 1. The molecule has 0 saturated carbocycles. The van der Waals surface area contributed by atoms with Gasteiger partial charge in [-0.3, -0.25) is 14.6 Å². The lowest BCUT2D eigenvalue weighted by Gasteiger charge is -2.23.